The van der Waals surface area contributed by atoms with Gasteiger partial charge in [-0.1, -0.05) is 66.7 Å². The van der Waals surface area contributed by atoms with Crippen LogP contribution in [0.1, 0.15) is 40.4 Å². The highest BCUT2D eigenvalue weighted by Gasteiger charge is 2.31. The van der Waals surface area contributed by atoms with Gasteiger partial charge in [0.1, 0.15) is 5.75 Å². The Kier molecular flexibility index (Phi) is 8.39. The first kappa shape index (κ1) is 23.9. The molecule has 0 aromatic heterocycles. The number of aliphatic hydroxyl groups is 4. The second-order valence-corrected chi connectivity index (χ2v) is 8.18. The van der Waals surface area contributed by atoms with Gasteiger partial charge in [-0.05, 0) is 41.4 Å². The second kappa shape index (κ2) is 11.2. The molecular formula is C26H31NO5. The van der Waals surface area contributed by atoms with Gasteiger partial charge in [0.15, 0.2) is 0 Å². The molecule has 3 aromatic rings. The van der Waals surface area contributed by atoms with E-state index in [4.69, 9.17) is 0 Å². The largest absolute Gasteiger partial charge is 0.508 e. The summed E-state index contributed by atoms with van der Waals surface area (Å²) in [5, 5.41) is 51.7. The number of benzene rings is 3. The van der Waals surface area contributed by atoms with Crippen molar-refractivity contribution in [3.8, 4) is 5.75 Å². The number of rotatable bonds is 10. The summed E-state index contributed by atoms with van der Waals surface area (Å²) in [7, 11) is 1.79. The summed E-state index contributed by atoms with van der Waals surface area (Å²) in [6, 6.07) is 22.9. The fourth-order valence-electron chi connectivity index (χ4n) is 3.96. The summed E-state index contributed by atoms with van der Waals surface area (Å²) in [5.74, 6) is -0.500. The number of phenolic OH excluding ortho intramolecular Hbond substituents is 1. The molecule has 6 nitrogen and oxygen atoms in total. The number of nitrogens with zero attached hydrogens (tertiary/aromatic N) is 1. The van der Waals surface area contributed by atoms with Crippen LogP contribution in [0.2, 0.25) is 0 Å². The average molecular weight is 438 g/mol. The third kappa shape index (κ3) is 6.16. The quantitative estimate of drug-likeness (QED) is 0.334. The van der Waals surface area contributed by atoms with E-state index in [0.717, 1.165) is 11.1 Å². The molecule has 0 heterocycles. The lowest BCUT2D eigenvalue weighted by Crippen LogP contribution is -2.37. The molecule has 0 saturated carbocycles. The Bertz CT molecular complexity index is 963. The first-order chi connectivity index (χ1) is 15.4. The third-order valence-electron chi connectivity index (χ3n) is 5.68. The number of aromatic hydroxyl groups is 1. The molecule has 0 aliphatic carbocycles. The monoisotopic (exact) mass is 437 g/mol. The van der Waals surface area contributed by atoms with E-state index < -0.39 is 24.2 Å². The molecule has 0 aliphatic rings. The van der Waals surface area contributed by atoms with Crippen molar-refractivity contribution in [1.82, 2.24) is 4.90 Å². The Morgan fingerprint density at radius 3 is 2.03 bits per heavy atom. The van der Waals surface area contributed by atoms with Crippen LogP contribution < -0.4 is 0 Å². The molecule has 0 bridgehead atoms. The summed E-state index contributed by atoms with van der Waals surface area (Å²) in [6.07, 6.45) is -2.69. The highest BCUT2D eigenvalue weighted by atomic mass is 16.3. The Labute approximate surface area is 188 Å². The van der Waals surface area contributed by atoms with Crippen LogP contribution in [0.3, 0.4) is 0 Å². The van der Waals surface area contributed by atoms with Gasteiger partial charge < -0.3 is 30.4 Å². The molecule has 0 saturated heterocycles. The maximum Gasteiger partial charge on any atom is 0.115 e. The van der Waals surface area contributed by atoms with E-state index in [-0.39, 0.29) is 25.4 Å². The Morgan fingerprint density at radius 1 is 0.750 bits per heavy atom. The molecular weight excluding hydrogens is 406 g/mol. The Morgan fingerprint density at radius 2 is 1.41 bits per heavy atom. The van der Waals surface area contributed by atoms with E-state index in [2.05, 4.69) is 0 Å². The first-order valence-corrected chi connectivity index (χ1v) is 10.7. The lowest BCUT2D eigenvalue weighted by Gasteiger charge is -2.32. The molecule has 3 aromatic carbocycles. The van der Waals surface area contributed by atoms with Crippen molar-refractivity contribution in [3.63, 3.8) is 0 Å². The smallest absolute Gasteiger partial charge is 0.115 e. The topological polar surface area (TPSA) is 104 Å². The second-order valence-electron chi connectivity index (χ2n) is 8.18. The number of hydrogen-bond acceptors (Lipinski definition) is 6. The van der Waals surface area contributed by atoms with E-state index >= 15 is 0 Å². The van der Waals surface area contributed by atoms with Crippen LogP contribution in [-0.4, -0.2) is 56.7 Å². The summed E-state index contributed by atoms with van der Waals surface area (Å²) in [4.78, 5) is 1.80. The summed E-state index contributed by atoms with van der Waals surface area (Å²) < 4.78 is 0. The minimum Gasteiger partial charge on any atom is -0.508 e. The van der Waals surface area contributed by atoms with Gasteiger partial charge in [0, 0.05) is 19.0 Å². The van der Waals surface area contributed by atoms with Crippen molar-refractivity contribution in [2.75, 3.05) is 20.1 Å². The zero-order valence-corrected chi connectivity index (χ0v) is 18.1. The Balaban J connectivity index is 1.75. The van der Waals surface area contributed by atoms with E-state index in [9.17, 15) is 25.5 Å². The molecule has 0 radical (unpaired) electrons. The van der Waals surface area contributed by atoms with Gasteiger partial charge >= 0.3 is 0 Å². The maximum atomic E-state index is 11.2. The highest BCUT2D eigenvalue weighted by molar-refractivity contribution is 5.30. The minimum absolute atomic E-state index is 0.0760. The molecule has 4 atom stereocenters. The van der Waals surface area contributed by atoms with Gasteiger partial charge in [-0.3, -0.25) is 0 Å². The SMILES string of the molecule is CN(C[C@@H](O)c1cccc(O)c1)C[C@@H](O)[C@@H](c1ccccc1)[C@@H](O)c1ccc(CO)cc1. The van der Waals surface area contributed by atoms with Gasteiger partial charge in [0.2, 0.25) is 0 Å². The molecule has 6 heteroatoms. The van der Waals surface area contributed by atoms with Crippen molar-refractivity contribution >= 4 is 0 Å². The molecule has 3 rings (SSSR count). The average Bonchev–Trinajstić information content (AvgIpc) is 2.79. The van der Waals surface area contributed by atoms with Crippen LogP contribution in [0.5, 0.6) is 5.75 Å². The fraction of sp³-hybridized carbons (Fsp3) is 0.308. The van der Waals surface area contributed by atoms with Gasteiger partial charge in [-0.15, -0.1) is 0 Å². The van der Waals surface area contributed by atoms with Crippen molar-refractivity contribution in [2.24, 2.45) is 0 Å². The molecule has 5 N–H and O–H groups in total. The zero-order chi connectivity index (χ0) is 23.1. The van der Waals surface area contributed by atoms with Crippen LogP contribution in [0.4, 0.5) is 0 Å². The van der Waals surface area contributed by atoms with E-state index in [1.165, 1.54) is 6.07 Å². The maximum absolute atomic E-state index is 11.2. The van der Waals surface area contributed by atoms with Crippen molar-refractivity contribution in [1.29, 1.82) is 0 Å². The normalized spacial score (nSPS) is 15.3. The Hall–Kier alpha value is -2.74. The summed E-state index contributed by atoms with van der Waals surface area (Å²) in [6.45, 7) is 0.401. The lowest BCUT2D eigenvalue weighted by atomic mass is 9.84. The molecule has 0 amide bonds. The fourth-order valence-corrected chi connectivity index (χ4v) is 3.96. The minimum atomic E-state index is -0.954. The zero-order valence-electron chi connectivity index (χ0n) is 18.1. The van der Waals surface area contributed by atoms with E-state index in [1.54, 1.807) is 54.4 Å². The predicted molar refractivity (Wildman–Crippen MR) is 123 cm³/mol. The summed E-state index contributed by atoms with van der Waals surface area (Å²) in [5.41, 5.74) is 2.80. The van der Waals surface area contributed by atoms with Crippen LogP contribution in [0, 0.1) is 0 Å². The number of aliphatic hydroxyl groups excluding tert-OH is 4. The van der Waals surface area contributed by atoms with Crippen molar-refractivity contribution in [3.05, 3.63) is 101 Å². The van der Waals surface area contributed by atoms with Gasteiger partial charge in [0.25, 0.3) is 0 Å². The third-order valence-corrected chi connectivity index (χ3v) is 5.68. The van der Waals surface area contributed by atoms with Crippen LogP contribution in [-0.2, 0) is 6.61 Å². The van der Waals surface area contributed by atoms with Crippen molar-refractivity contribution in [2.45, 2.75) is 30.8 Å². The molecule has 170 valence electrons. The van der Waals surface area contributed by atoms with Gasteiger partial charge in [-0.25, -0.2) is 0 Å². The van der Waals surface area contributed by atoms with E-state index in [0.29, 0.717) is 11.1 Å². The standard InChI is InChI=1S/C26H31NO5/c1-27(15-23(30)21-8-5-9-22(29)14-21)16-24(31)25(19-6-3-2-4-7-19)26(32)20-12-10-18(17-28)11-13-20/h2-14,23-26,28-32H,15-17H2,1H3/t23-,24-,25-,26+/m1/s1. The van der Waals surface area contributed by atoms with Gasteiger partial charge in [0.05, 0.1) is 24.9 Å². The molecule has 0 spiro atoms. The van der Waals surface area contributed by atoms with Gasteiger partial charge in [-0.2, -0.15) is 0 Å². The lowest BCUT2D eigenvalue weighted by molar-refractivity contribution is 0.0245. The van der Waals surface area contributed by atoms with Crippen LogP contribution in [0.15, 0.2) is 78.9 Å². The molecule has 0 aliphatic heterocycles. The number of likely N-dealkylation sites (N-methyl/N-ethyl adjacent to an activating group) is 1. The molecule has 32 heavy (non-hydrogen) atoms. The van der Waals surface area contributed by atoms with Crippen LogP contribution >= 0.6 is 0 Å². The predicted octanol–water partition coefficient (Wildman–Crippen LogP) is 2.73. The highest BCUT2D eigenvalue weighted by Crippen LogP contribution is 2.34. The first-order valence-electron chi connectivity index (χ1n) is 10.7. The molecule has 0 fully saturated rings. The van der Waals surface area contributed by atoms with E-state index in [1.807, 2.05) is 30.3 Å². The summed E-state index contributed by atoms with van der Waals surface area (Å²) >= 11 is 0. The number of hydrogen-bond donors (Lipinski definition) is 5. The van der Waals surface area contributed by atoms with Crippen molar-refractivity contribution < 1.29 is 25.5 Å². The molecule has 0 unspecified atom stereocenters. The number of phenols is 1. The van der Waals surface area contributed by atoms with Crippen LogP contribution in [0.25, 0.3) is 0 Å².